The minimum Gasteiger partial charge on any atom is -0.320 e. The summed E-state index contributed by atoms with van der Waals surface area (Å²) in [5.41, 5.74) is 3.29. The van der Waals surface area contributed by atoms with E-state index < -0.39 is 10.0 Å². The summed E-state index contributed by atoms with van der Waals surface area (Å²) in [5.74, 6) is 0. The van der Waals surface area contributed by atoms with Gasteiger partial charge in [0.1, 0.15) is 4.90 Å². The Labute approximate surface area is 178 Å². The Morgan fingerprint density at radius 3 is 2.50 bits per heavy atom. The first kappa shape index (κ1) is 21.1. The Balaban J connectivity index is 2.13. The molecule has 0 fully saturated rings. The van der Waals surface area contributed by atoms with Crippen LogP contribution < -0.4 is 4.80 Å². The van der Waals surface area contributed by atoms with Crippen LogP contribution in [-0.2, 0) is 17.1 Å². The molecule has 9 heteroatoms. The minimum absolute atomic E-state index is 0.0760. The van der Waals surface area contributed by atoms with Crippen LogP contribution in [0.2, 0.25) is 10.0 Å². The van der Waals surface area contributed by atoms with Crippen LogP contribution in [0.1, 0.15) is 5.56 Å². The van der Waals surface area contributed by atoms with Crippen molar-refractivity contribution < 1.29 is 8.42 Å². The highest BCUT2D eigenvalue weighted by atomic mass is 35.5. The van der Waals surface area contributed by atoms with Crippen molar-refractivity contribution in [1.29, 1.82) is 0 Å². The van der Waals surface area contributed by atoms with E-state index in [0.717, 1.165) is 31.6 Å². The molecule has 1 aromatic heterocycles. The SMILES string of the molecule is Cc1c(Cl)cccc1/N=c1/scc(-c2ccc(Cl)c(S(=O)(=O)N(C)C)c2)n1C. The van der Waals surface area contributed by atoms with Crippen LogP contribution in [0.5, 0.6) is 0 Å². The summed E-state index contributed by atoms with van der Waals surface area (Å²) in [5, 5.41) is 2.79. The molecule has 5 nitrogen and oxygen atoms in total. The fraction of sp³-hybridized carbons (Fsp3) is 0.211. The molecule has 148 valence electrons. The molecule has 0 spiro atoms. The number of sulfonamides is 1. The predicted octanol–water partition coefficient (Wildman–Crippen LogP) is 4.85. The summed E-state index contributed by atoms with van der Waals surface area (Å²) >= 11 is 13.8. The van der Waals surface area contributed by atoms with E-state index in [0.29, 0.717) is 5.02 Å². The van der Waals surface area contributed by atoms with Crippen molar-refractivity contribution in [3.05, 3.63) is 62.2 Å². The topological polar surface area (TPSA) is 54.7 Å². The second kappa shape index (κ2) is 8.00. The molecule has 0 saturated carbocycles. The molecule has 0 radical (unpaired) electrons. The molecule has 0 N–H and O–H groups in total. The zero-order valence-corrected chi connectivity index (χ0v) is 18.9. The normalized spacial score (nSPS) is 12.8. The van der Waals surface area contributed by atoms with Crippen molar-refractivity contribution in [1.82, 2.24) is 8.87 Å². The van der Waals surface area contributed by atoms with E-state index >= 15 is 0 Å². The monoisotopic (exact) mass is 455 g/mol. The average molecular weight is 456 g/mol. The maximum Gasteiger partial charge on any atom is 0.244 e. The zero-order chi connectivity index (χ0) is 20.6. The maximum absolute atomic E-state index is 12.5. The fourth-order valence-electron chi connectivity index (χ4n) is 2.61. The zero-order valence-electron chi connectivity index (χ0n) is 15.8. The van der Waals surface area contributed by atoms with Crippen molar-refractivity contribution in [2.75, 3.05) is 14.1 Å². The third-order valence-electron chi connectivity index (χ3n) is 4.37. The number of aromatic nitrogens is 1. The molecule has 2 aromatic carbocycles. The minimum atomic E-state index is -3.65. The van der Waals surface area contributed by atoms with Gasteiger partial charge in [-0.1, -0.05) is 35.3 Å². The van der Waals surface area contributed by atoms with E-state index in [-0.39, 0.29) is 9.92 Å². The van der Waals surface area contributed by atoms with Gasteiger partial charge in [-0.05, 0) is 36.8 Å². The summed E-state index contributed by atoms with van der Waals surface area (Å²) in [6, 6.07) is 10.6. The maximum atomic E-state index is 12.5. The summed E-state index contributed by atoms with van der Waals surface area (Å²) in [6.07, 6.45) is 0. The number of hydrogen-bond donors (Lipinski definition) is 0. The van der Waals surface area contributed by atoms with Gasteiger partial charge in [0.05, 0.1) is 16.4 Å². The standard InChI is InChI=1S/C19H19Cl2N3O2S2/c1-12-14(20)6-5-7-16(12)22-19-24(4)17(11-27-19)13-8-9-15(21)18(10-13)28(25,26)23(2)3/h5-11H,1-4H3/b22-19+. The lowest BCUT2D eigenvalue weighted by Gasteiger charge is -2.14. The number of nitrogens with zero attached hydrogens (tertiary/aromatic N) is 3. The first-order valence-electron chi connectivity index (χ1n) is 8.29. The molecule has 0 unspecified atom stereocenters. The van der Waals surface area contributed by atoms with Gasteiger partial charge in [-0.15, -0.1) is 11.3 Å². The first-order chi connectivity index (χ1) is 13.1. The van der Waals surface area contributed by atoms with Crippen LogP contribution in [0.3, 0.4) is 0 Å². The number of halogens is 2. The Morgan fingerprint density at radius 1 is 1.11 bits per heavy atom. The lowest BCUT2D eigenvalue weighted by Crippen LogP contribution is -2.22. The van der Waals surface area contributed by atoms with Gasteiger partial charge in [-0.25, -0.2) is 17.7 Å². The summed E-state index contributed by atoms with van der Waals surface area (Å²) in [6.45, 7) is 1.92. The van der Waals surface area contributed by atoms with Crippen LogP contribution in [0.15, 0.2) is 51.7 Å². The van der Waals surface area contributed by atoms with Crippen molar-refractivity contribution in [3.8, 4) is 11.3 Å². The van der Waals surface area contributed by atoms with Gasteiger partial charge < -0.3 is 4.57 Å². The summed E-state index contributed by atoms with van der Waals surface area (Å²) < 4.78 is 28.2. The molecule has 0 atom stereocenters. The largest absolute Gasteiger partial charge is 0.320 e. The highest BCUT2D eigenvalue weighted by Crippen LogP contribution is 2.30. The molecule has 0 amide bonds. The van der Waals surface area contributed by atoms with E-state index in [1.54, 1.807) is 18.2 Å². The van der Waals surface area contributed by atoms with Gasteiger partial charge in [0.15, 0.2) is 4.80 Å². The molecular weight excluding hydrogens is 437 g/mol. The molecule has 3 rings (SSSR count). The number of rotatable bonds is 4. The molecule has 0 aliphatic carbocycles. The van der Waals surface area contributed by atoms with Crippen molar-refractivity contribution in [2.24, 2.45) is 12.0 Å². The summed E-state index contributed by atoms with van der Waals surface area (Å²) in [7, 11) is 1.20. The van der Waals surface area contributed by atoms with Crippen LogP contribution in [0, 0.1) is 6.92 Å². The molecule has 0 bridgehead atoms. The molecule has 3 aromatic rings. The predicted molar refractivity (Wildman–Crippen MR) is 116 cm³/mol. The first-order valence-corrected chi connectivity index (χ1v) is 11.4. The molecule has 0 saturated heterocycles. The van der Waals surface area contributed by atoms with E-state index in [2.05, 4.69) is 0 Å². The lowest BCUT2D eigenvalue weighted by molar-refractivity contribution is 0.521. The van der Waals surface area contributed by atoms with Crippen LogP contribution in [0.25, 0.3) is 11.3 Å². The second-order valence-corrected chi connectivity index (χ2v) is 10.2. The van der Waals surface area contributed by atoms with Crippen LogP contribution >= 0.6 is 34.5 Å². The van der Waals surface area contributed by atoms with Gasteiger partial charge in [-0.2, -0.15) is 0 Å². The van der Waals surface area contributed by atoms with Crippen molar-refractivity contribution in [3.63, 3.8) is 0 Å². The van der Waals surface area contributed by atoms with Gasteiger partial charge in [0, 0.05) is 37.1 Å². The van der Waals surface area contributed by atoms with E-state index in [9.17, 15) is 8.42 Å². The number of thiazole rings is 1. The van der Waals surface area contributed by atoms with Crippen LogP contribution in [0.4, 0.5) is 5.69 Å². The Hall–Kier alpha value is -1.64. The van der Waals surface area contributed by atoms with Gasteiger partial charge >= 0.3 is 0 Å². The highest BCUT2D eigenvalue weighted by molar-refractivity contribution is 7.89. The highest BCUT2D eigenvalue weighted by Gasteiger charge is 2.22. The van der Waals surface area contributed by atoms with E-state index in [4.69, 9.17) is 28.2 Å². The number of benzene rings is 2. The quantitative estimate of drug-likeness (QED) is 0.564. The van der Waals surface area contributed by atoms with Crippen molar-refractivity contribution in [2.45, 2.75) is 11.8 Å². The smallest absolute Gasteiger partial charge is 0.244 e. The fourth-order valence-corrected chi connectivity index (χ4v) is 5.09. The Bertz CT molecular complexity index is 1210. The third-order valence-corrected chi connectivity index (χ3v) is 7.99. The van der Waals surface area contributed by atoms with Crippen molar-refractivity contribution >= 4 is 50.2 Å². The van der Waals surface area contributed by atoms with Gasteiger partial charge in [-0.3, -0.25) is 0 Å². The number of hydrogen-bond acceptors (Lipinski definition) is 4. The molecule has 1 heterocycles. The average Bonchev–Trinajstić information content (AvgIpc) is 3.00. The second-order valence-electron chi connectivity index (χ2n) is 6.39. The van der Waals surface area contributed by atoms with Gasteiger partial charge in [0.2, 0.25) is 10.0 Å². The summed E-state index contributed by atoms with van der Waals surface area (Å²) in [4.78, 5) is 5.56. The van der Waals surface area contributed by atoms with E-state index in [1.165, 1.54) is 25.4 Å². The Morgan fingerprint density at radius 2 is 1.82 bits per heavy atom. The third kappa shape index (κ3) is 3.90. The molecular formula is C19H19Cl2N3O2S2. The molecule has 28 heavy (non-hydrogen) atoms. The van der Waals surface area contributed by atoms with Gasteiger partial charge in [0.25, 0.3) is 0 Å². The van der Waals surface area contributed by atoms with Crippen LogP contribution in [-0.4, -0.2) is 31.4 Å². The Kier molecular flexibility index (Phi) is 6.03. The molecule has 0 aliphatic heterocycles. The molecule has 0 aliphatic rings. The van der Waals surface area contributed by atoms with E-state index in [1.807, 2.05) is 42.1 Å². The lowest BCUT2D eigenvalue weighted by atomic mass is 10.2.